The number of carboxylic acid groups (broad SMARTS) is 1. The minimum Gasteiger partial charge on any atom is -0.476 e. The van der Waals surface area contributed by atoms with E-state index in [9.17, 15) is 4.79 Å². The van der Waals surface area contributed by atoms with E-state index in [0.717, 1.165) is 33.2 Å². The number of aromatic carboxylic acids is 1. The first kappa shape index (κ1) is 12.2. The number of hydrogen-bond acceptors (Lipinski definition) is 5. The fraction of sp³-hybridized carbons (Fsp3) is 0.0833. The summed E-state index contributed by atoms with van der Waals surface area (Å²) in [5.41, 5.74) is 2.68. The molecule has 0 fully saturated rings. The zero-order chi connectivity index (χ0) is 13.2. The molecule has 0 bridgehead atoms. The summed E-state index contributed by atoms with van der Waals surface area (Å²) in [6.45, 7) is 0. The summed E-state index contributed by atoms with van der Waals surface area (Å²) in [5, 5.41) is 11.5. The van der Waals surface area contributed by atoms with E-state index >= 15 is 0 Å². The minimum atomic E-state index is -0.981. The van der Waals surface area contributed by atoms with Crippen LogP contribution in [0.4, 0.5) is 0 Å². The Morgan fingerprint density at radius 3 is 2.95 bits per heavy atom. The molecule has 0 aliphatic heterocycles. The molecule has 0 saturated carbocycles. The Balaban J connectivity index is 1.72. The molecule has 0 spiro atoms. The first-order valence-corrected chi connectivity index (χ1v) is 7.34. The van der Waals surface area contributed by atoms with Crippen LogP contribution < -0.4 is 0 Å². The molecular weight excluding hydrogens is 282 g/mol. The zero-order valence-electron chi connectivity index (χ0n) is 9.66. The smallest absolute Gasteiger partial charge is 0.365 e. The molecule has 96 valence electrons. The average Bonchev–Trinajstić information content (AvgIpc) is 3.02. The normalized spacial score (nSPS) is 10.9. The molecule has 0 saturated heterocycles. The van der Waals surface area contributed by atoms with E-state index in [1.807, 2.05) is 24.3 Å². The number of aromatic nitrogens is 3. The molecule has 19 heavy (non-hydrogen) atoms. The molecule has 0 aliphatic carbocycles. The highest BCUT2D eigenvalue weighted by atomic mass is 32.2. The summed E-state index contributed by atoms with van der Waals surface area (Å²) >= 11 is 2.65. The summed E-state index contributed by atoms with van der Waals surface area (Å²) in [5.74, 6) is -0.381. The number of carboxylic acids is 1. The second kappa shape index (κ2) is 5.02. The highest BCUT2D eigenvalue weighted by Crippen LogP contribution is 2.23. The molecule has 2 N–H and O–H groups in total. The van der Waals surface area contributed by atoms with Gasteiger partial charge in [0.25, 0.3) is 0 Å². The van der Waals surface area contributed by atoms with Crippen LogP contribution in [0.25, 0.3) is 11.0 Å². The van der Waals surface area contributed by atoms with Crippen molar-refractivity contribution in [1.82, 2.24) is 15.0 Å². The van der Waals surface area contributed by atoms with Gasteiger partial charge in [0, 0.05) is 11.1 Å². The van der Waals surface area contributed by atoms with Crippen molar-refractivity contribution in [1.29, 1.82) is 0 Å². The lowest BCUT2D eigenvalue weighted by Gasteiger charge is -1.93. The van der Waals surface area contributed by atoms with E-state index in [0.29, 0.717) is 5.75 Å². The third kappa shape index (κ3) is 2.61. The fourth-order valence-corrected chi connectivity index (χ4v) is 3.15. The van der Waals surface area contributed by atoms with Crippen molar-refractivity contribution >= 4 is 40.1 Å². The van der Waals surface area contributed by atoms with Gasteiger partial charge in [-0.2, -0.15) is 0 Å². The lowest BCUT2D eigenvalue weighted by Crippen LogP contribution is -1.95. The Morgan fingerprint density at radius 2 is 2.21 bits per heavy atom. The monoisotopic (exact) mass is 291 g/mol. The van der Waals surface area contributed by atoms with E-state index in [1.54, 1.807) is 5.38 Å². The maximum Gasteiger partial charge on any atom is 0.365 e. The van der Waals surface area contributed by atoms with Crippen LogP contribution in [0.2, 0.25) is 0 Å². The number of hydrogen-bond donors (Lipinski definition) is 2. The number of para-hydroxylation sites is 2. The number of nitrogens with zero attached hydrogens (tertiary/aromatic N) is 2. The number of imidazole rings is 1. The van der Waals surface area contributed by atoms with Crippen LogP contribution in [0.1, 0.15) is 15.5 Å². The van der Waals surface area contributed by atoms with Crippen LogP contribution in [0.5, 0.6) is 0 Å². The Kier molecular flexibility index (Phi) is 3.22. The minimum absolute atomic E-state index is 0.125. The van der Waals surface area contributed by atoms with Crippen molar-refractivity contribution < 1.29 is 9.90 Å². The number of H-pyrrole nitrogens is 1. The number of carbonyl (C=O) groups is 1. The topological polar surface area (TPSA) is 78.9 Å². The molecule has 0 radical (unpaired) electrons. The van der Waals surface area contributed by atoms with Gasteiger partial charge in [-0.3, -0.25) is 0 Å². The molecule has 3 aromatic rings. The van der Waals surface area contributed by atoms with Crippen molar-refractivity contribution in [2.75, 3.05) is 0 Å². The van der Waals surface area contributed by atoms with E-state index in [4.69, 9.17) is 5.11 Å². The van der Waals surface area contributed by atoms with Crippen molar-refractivity contribution in [3.05, 3.63) is 40.3 Å². The van der Waals surface area contributed by atoms with Crippen LogP contribution >= 0.6 is 23.1 Å². The summed E-state index contributed by atoms with van der Waals surface area (Å²) in [7, 11) is 0. The SMILES string of the molecule is O=C(O)c1nc(CSc2nc3ccccc3[nH]2)cs1. The molecular formula is C12H9N3O2S2. The molecule has 1 aromatic carbocycles. The molecule has 0 unspecified atom stereocenters. The Bertz CT molecular complexity index is 702. The molecule has 0 atom stereocenters. The number of fused-ring (bicyclic) bond motifs is 1. The second-order valence-corrected chi connectivity index (χ2v) is 5.62. The molecule has 3 rings (SSSR count). The lowest BCUT2D eigenvalue weighted by atomic mass is 10.3. The molecule has 5 nitrogen and oxygen atoms in total. The van der Waals surface area contributed by atoms with E-state index in [1.165, 1.54) is 11.8 Å². The van der Waals surface area contributed by atoms with Gasteiger partial charge in [-0.25, -0.2) is 14.8 Å². The van der Waals surface area contributed by atoms with Crippen LogP contribution in [0.15, 0.2) is 34.8 Å². The number of rotatable bonds is 4. The van der Waals surface area contributed by atoms with Crippen LogP contribution in [0.3, 0.4) is 0 Å². The Hall–Kier alpha value is -1.86. The zero-order valence-corrected chi connectivity index (χ0v) is 11.3. The third-order valence-electron chi connectivity index (χ3n) is 2.46. The first-order valence-electron chi connectivity index (χ1n) is 5.47. The van der Waals surface area contributed by atoms with Crippen molar-refractivity contribution in [2.45, 2.75) is 10.9 Å². The van der Waals surface area contributed by atoms with Gasteiger partial charge in [-0.1, -0.05) is 23.9 Å². The fourth-order valence-electron chi connectivity index (χ4n) is 1.61. The summed E-state index contributed by atoms with van der Waals surface area (Å²) < 4.78 is 0. The van der Waals surface area contributed by atoms with Crippen LogP contribution in [-0.2, 0) is 5.75 Å². The highest BCUT2D eigenvalue weighted by Gasteiger charge is 2.10. The number of benzene rings is 1. The summed E-state index contributed by atoms with van der Waals surface area (Å²) in [4.78, 5) is 22.4. The third-order valence-corrected chi connectivity index (χ3v) is 4.25. The molecule has 2 aromatic heterocycles. The number of thiazole rings is 1. The van der Waals surface area contributed by atoms with Crippen molar-refractivity contribution in [2.24, 2.45) is 0 Å². The van der Waals surface area contributed by atoms with Gasteiger partial charge in [-0.05, 0) is 12.1 Å². The van der Waals surface area contributed by atoms with Gasteiger partial charge < -0.3 is 10.1 Å². The standard InChI is InChI=1S/C12H9N3O2S2/c16-11(17)10-13-7(5-18-10)6-19-12-14-8-3-1-2-4-9(8)15-12/h1-5H,6H2,(H,14,15)(H,16,17). The number of thioether (sulfide) groups is 1. The molecule has 2 heterocycles. The van der Waals surface area contributed by atoms with Gasteiger partial charge in [0.05, 0.1) is 16.7 Å². The van der Waals surface area contributed by atoms with Crippen molar-refractivity contribution in [3.8, 4) is 0 Å². The summed E-state index contributed by atoms with van der Waals surface area (Å²) in [6.07, 6.45) is 0. The highest BCUT2D eigenvalue weighted by molar-refractivity contribution is 7.98. The van der Waals surface area contributed by atoms with E-state index in [-0.39, 0.29) is 5.01 Å². The second-order valence-electron chi connectivity index (χ2n) is 3.80. The van der Waals surface area contributed by atoms with Gasteiger partial charge >= 0.3 is 5.97 Å². The first-order chi connectivity index (χ1) is 9.22. The number of nitrogens with one attached hydrogen (secondary N) is 1. The lowest BCUT2D eigenvalue weighted by molar-refractivity contribution is 0.0696. The molecule has 0 aliphatic rings. The van der Waals surface area contributed by atoms with Gasteiger partial charge in [0.15, 0.2) is 5.16 Å². The van der Waals surface area contributed by atoms with E-state index in [2.05, 4.69) is 15.0 Å². The van der Waals surface area contributed by atoms with Gasteiger partial charge in [-0.15, -0.1) is 11.3 Å². The summed E-state index contributed by atoms with van der Waals surface area (Å²) in [6, 6.07) is 7.81. The Morgan fingerprint density at radius 1 is 1.37 bits per heavy atom. The maximum absolute atomic E-state index is 10.7. The van der Waals surface area contributed by atoms with Crippen LogP contribution in [-0.4, -0.2) is 26.0 Å². The van der Waals surface area contributed by atoms with Crippen LogP contribution in [0, 0.1) is 0 Å². The van der Waals surface area contributed by atoms with Gasteiger partial charge in [0.1, 0.15) is 0 Å². The molecule has 7 heteroatoms. The van der Waals surface area contributed by atoms with Gasteiger partial charge in [0.2, 0.25) is 5.01 Å². The predicted molar refractivity (Wildman–Crippen MR) is 74.7 cm³/mol. The average molecular weight is 291 g/mol. The van der Waals surface area contributed by atoms with E-state index < -0.39 is 5.97 Å². The predicted octanol–water partition coefficient (Wildman–Crippen LogP) is 3.01. The van der Waals surface area contributed by atoms with Crippen molar-refractivity contribution in [3.63, 3.8) is 0 Å². The molecule has 0 amide bonds. The quantitative estimate of drug-likeness (QED) is 0.722. The largest absolute Gasteiger partial charge is 0.476 e. The Labute approximate surface area is 116 Å². The maximum atomic E-state index is 10.7. The number of aromatic amines is 1.